The van der Waals surface area contributed by atoms with Crippen molar-refractivity contribution in [2.45, 2.75) is 39.1 Å². The number of nitrogens with one attached hydrogen (secondary N) is 1. The molecule has 4 rings (SSSR count). The minimum atomic E-state index is 0.0527. The van der Waals surface area contributed by atoms with E-state index in [4.69, 9.17) is 4.74 Å². The van der Waals surface area contributed by atoms with Crippen LogP contribution in [0.4, 0.5) is 0 Å². The molecule has 0 aliphatic carbocycles. The van der Waals surface area contributed by atoms with Gasteiger partial charge in [-0.25, -0.2) is 0 Å². The van der Waals surface area contributed by atoms with Crippen molar-refractivity contribution in [2.24, 2.45) is 0 Å². The Bertz CT molecular complexity index is 970. The molecule has 30 heavy (non-hydrogen) atoms. The lowest BCUT2D eigenvalue weighted by atomic mass is 10.2. The van der Waals surface area contributed by atoms with Gasteiger partial charge in [0, 0.05) is 49.9 Å². The van der Waals surface area contributed by atoms with E-state index in [2.05, 4.69) is 40.4 Å². The van der Waals surface area contributed by atoms with Crippen molar-refractivity contribution in [3.05, 3.63) is 83.7 Å². The molecule has 1 amide bonds. The van der Waals surface area contributed by atoms with Crippen LogP contribution in [0.25, 0.3) is 0 Å². The fourth-order valence-electron chi connectivity index (χ4n) is 3.75. The monoisotopic (exact) mass is 404 g/mol. The van der Waals surface area contributed by atoms with E-state index < -0.39 is 0 Å². The van der Waals surface area contributed by atoms with Crippen LogP contribution in [0.3, 0.4) is 0 Å². The van der Waals surface area contributed by atoms with Gasteiger partial charge >= 0.3 is 0 Å². The van der Waals surface area contributed by atoms with Crippen LogP contribution in [0.2, 0.25) is 0 Å². The van der Waals surface area contributed by atoms with E-state index in [1.165, 1.54) is 11.1 Å². The molecule has 0 spiro atoms. The number of fused-ring (bicyclic) bond motifs is 1. The molecular formula is C24H28N4O2. The first-order chi connectivity index (χ1) is 14.7. The molecule has 156 valence electrons. The number of rotatable bonds is 7. The van der Waals surface area contributed by atoms with E-state index in [9.17, 15) is 4.79 Å². The summed E-state index contributed by atoms with van der Waals surface area (Å²) in [7, 11) is 0. The predicted molar refractivity (Wildman–Crippen MR) is 116 cm³/mol. The molecule has 1 aliphatic heterocycles. The maximum atomic E-state index is 12.4. The molecule has 1 aliphatic rings. The number of amides is 1. The third-order valence-corrected chi connectivity index (χ3v) is 5.23. The number of hydrogen-bond donors (Lipinski definition) is 1. The molecule has 0 saturated heterocycles. The van der Waals surface area contributed by atoms with Gasteiger partial charge in [0.05, 0.1) is 12.7 Å². The average molecular weight is 405 g/mol. The van der Waals surface area contributed by atoms with E-state index in [-0.39, 0.29) is 12.0 Å². The fourth-order valence-corrected chi connectivity index (χ4v) is 3.75. The van der Waals surface area contributed by atoms with Crippen molar-refractivity contribution in [1.82, 2.24) is 20.0 Å². The Hall–Kier alpha value is -3.12. The minimum absolute atomic E-state index is 0.0527. The van der Waals surface area contributed by atoms with E-state index in [0.29, 0.717) is 19.5 Å². The van der Waals surface area contributed by atoms with E-state index >= 15 is 0 Å². The Balaban J connectivity index is 1.24. The number of carbonyl (C=O) groups is 1. The molecule has 0 saturated carbocycles. The highest BCUT2D eigenvalue weighted by molar-refractivity contribution is 5.76. The summed E-state index contributed by atoms with van der Waals surface area (Å²) in [5, 5.41) is 7.40. The van der Waals surface area contributed by atoms with Crippen LogP contribution in [-0.2, 0) is 24.4 Å². The number of carbonyl (C=O) groups excluding carboxylic acids is 1. The first kappa shape index (κ1) is 20.2. The van der Waals surface area contributed by atoms with Gasteiger partial charge in [-0.05, 0) is 18.6 Å². The van der Waals surface area contributed by atoms with Crippen LogP contribution in [0.5, 0.6) is 5.75 Å². The Labute approximate surface area is 177 Å². The average Bonchev–Trinajstić information content (AvgIpc) is 3.12. The Morgan fingerprint density at radius 1 is 1.13 bits per heavy atom. The maximum Gasteiger partial charge on any atom is 0.221 e. The molecular weight excluding hydrogens is 376 g/mol. The van der Waals surface area contributed by atoms with Crippen molar-refractivity contribution in [3.8, 4) is 5.75 Å². The summed E-state index contributed by atoms with van der Waals surface area (Å²) >= 11 is 0. The van der Waals surface area contributed by atoms with Gasteiger partial charge in [0.2, 0.25) is 5.91 Å². The molecule has 1 unspecified atom stereocenters. The van der Waals surface area contributed by atoms with Crippen molar-refractivity contribution in [1.29, 1.82) is 0 Å². The second kappa shape index (κ2) is 9.59. The van der Waals surface area contributed by atoms with E-state index in [1.54, 1.807) is 0 Å². The molecule has 1 atom stereocenters. The van der Waals surface area contributed by atoms with Gasteiger partial charge in [0.15, 0.2) is 0 Å². The zero-order valence-electron chi connectivity index (χ0n) is 17.3. The number of aromatic nitrogens is 2. The summed E-state index contributed by atoms with van der Waals surface area (Å²) in [6.45, 7) is 5.62. The van der Waals surface area contributed by atoms with Gasteiger partial charge in [0.1, 0.15) is 11.9 Å². The Morgan fingerprint density at radius 2 is 1.93 bits per heavy atom. The molecule has 2 aromatic carbocycles. The second-order valence-electron chi connectivity index (χ2n) is 7.83. The quantitative estimate of drug-likeness (QED) is 0.657. The highest BCUT2D eigenvalue weighted by atomic mass is 16.5. The first-order valence-electron chi connectivity index (χ1n) is 10.4. The van der Waals surface area contributed by atoms with Gasteiger partial charge < -0.3 is 10.1 Å². The molecule has 0 fully saturated rings. The summed E-state index contributed by atoms with van der Waals surface area (Å²) in [6, 6.07) is 18.3. The number of nitrogens with zero attached hydrogens (tertiary/aromatic N) is 3. The van der Waals surface area contributed by atoms with Crippen molar-refractivity contribution in [2.75, 3.05) is 13.1 Å². The lowest BCUT2D eigenvalue weighted by molar-refractivity contribution is -0.121. The first-order valence-corrected chi connectivity index (χ1v) is 10.4. The summed E-state index contributed by atoms with van der Waals surface area (Å²) < 4.78 is 7.89. The van der Waals surface area contributed by atoms with Crippen molar-refractivity contribution >= 4 is 5.91 Å². The second-order valence-corrected chi connectivity index (χ2v) is 7.83. The standard InChI is InChI=1S/C24H28N4O2/c1-19-15-27(18-22-9-5-6-10-23(22)30-19)12-11-24(29)25-13-21-14-26-28(17-21)16-20-7-3-2-4-8-20/h2-10,14,17,19H,11-13,15-16,18H2,1H3,(H,25,29). The van der Waals surface area contributed by atoms with Crippen LogP contribution in [0.1, 0.15) is 30.0 Å². The SMILES string of the molecule is CC1CN(CCC(=O)NCc2cnn(Cc3ccccc3)c2)Cc2ccccc2O1. The fraction of sp³-hybridized carbons (Fsp3) is 0.333. The minimum Gasteiger partial charge on any atom is -0.489 e. The van der Waals surface area contributed by atoms with E-state index in [0.717, 1.165) is 30.9 Å². The van der Waals surface area contributed by atoms with Crippen molar-refractivity contribution in [3.63, 3.8) is 0 Å². The Morgan fingerprint density at radius 3 is 2.80 bits per heavy atom. The summed E-state index contributed by atoms with van der Waals surface area (Å²) in [4.78, 5) is 14.7. The summed E-state index contributed by atoms with van der Waals surface area (Å²) in [6.07, 6.45) is 4.37. The zero-order valence-corrected chi connectivity index (χ0v) is 17.3. The molecule has 6 heteroatoms. The Kier molecular flexibility index (Phi) is 6.44. The zero-order chi connectivity index (χ0) is 20.8. The smallest absolute Gasteiger partial charge is 0.221 e. The lowest BCUT2D eigenvalue weighted by Gasteiger charge is -2.21. The molecule has 1 N–H and O–H groups in total. The molecule has 0 radical (unpaired) electrons. The van der Waals surface area contributed by atoms with Gasteiger partial charge in [-0.2, -0.15) is 5.10 Å². The molecule has 2 heterocycles. The molecule has 6 nitrogen and oxygen atoms in total. The van der Waals surface area contributed by atoms with Gasteiger partial charge in [-0.3, -0.25) is 14.4 Å². The van der Waals surface area contributed by atoms with E-state index in [1.807, 2.05) is 53.5 Å². The number of benzene rings is 2. The third-order valence-electron chi connectivity index (χ3n) is 5.23. The molecule has 1 aromatic heterocycles. The van der Waals surface area contributed by atoms with Crippen LogP contribution in [0, 0.1) is 0 Å². The number of hydrogen-bond acceptors (Lipinski definition) is 4. The molecule has 3 aromatic rings. The van der Waals surface area contributed by atoms with Gasteiger partial charge in [0.25, 0.3) is 0 Å². The summed E-state index contributed by atoms with van der Waals surface area (Å²) in [5.41, 5.74) is 3.38. The highest BCUT2D eigenvalue weighted by Crippen LogP contribution is 2.24. The lowest BCUT2D eigenvalue weighted by Crippen LogP contribution is -2.34. The number of para-hydroxylation sites is 1. The van der Waals surface area contributed by atoms with Gasteiger partial charge in [-0.15, -0.1) is 0 Å². The van der Waals surface area contributed by atoms with Crippen LogP contribution in [0.15, 0.2) is 67.0 Å². The van der Waals surface area contributed by atoms with Gasteiger partial charge in [-0.1, -0.05) is 48.5 Å². The topological polar surface area (TPSA) is 59.4 Å². The van der Waals surface area contributed by atoms with Crippen LogP contribution >= 0.6 is 0 Å². The maximum absolute atomic E-state index is 12.4. The largest absolute Gasteiger partial charge is 0.489 e. The van der Waals surface area contributed by atoms with Crippen molar-refractivity contribution < 1.29 is 9.53 Å². The summed E-state index contributed by atoms with van der Waals surface area (Å²) in [5.74, 6) is 1.00. The number of ether oxygens (including phenoxy) is 1. The van der Waals surface area contributed by atoms with Crippen LogP contribution < -0.4 is 10.1 Å². The normalized spacial score (nSPS) is 16.4. The highest BCUT2D eigenvalue weighted by Gasteiger charge is 2.20. The third kappa shape index (κ3) is 5.48. The predicted octanol–water partition coefficient (Wildman–Crippen LogP) is 3.22. The van der Waals surface area contributed by atoms with Crippen LogP contribution in [-0.4, -0.2) is 39.8 Å². The molecule has 0 bridgehead atoms.